The number of hydrogen-bond acceptors (Lipinski definition) is 6. The van der Waals surface area contributed by atoms with Crippen LogP contribution in [0.15, 0.2) is 17.6 Å². The van der Waals surface area contributed by atoms with Crippen molar-refractivity contribution in [3.8, 4) is 5.88 Å². The van der Waals surface area contributed by atoms with Crippen LogP contribution in [0.3, 0.4) is 0 Å². The topological polar surface area (TPSA) is 68.2 Å². The van der Waals surface area contributed by atoms with Gasteiger partial charge in [0, 0.05) is 43.6 Å². The summed E-state index contributed by atoms with van der Waals surface area (Å²) >= 11 is 1.50. The molecule has 0 N–H and O–H groups in total. The van der Waals surface area contributed by atoms with Crippen LogP contribution in [-0.4, -0.2) is 45.0 Å². The van der Waals surface area contributed by atoms with Crippen molar-refractivity contribution in [2.45, 2.75) is 32.8 Å². The molecule has 0 radical (unpaired) electrons. The van der Waals surface area contributed by atoms with Gasteiger partial charge in [0.2, 0.25) is 5.88 Å². The van der Waals surface area contributed by atoms with Crippen LogP contribution >= 0.6 is 11.3 Å². The highest BCUT2D eigenvalue weighted by Gasteiger charge is 2.26. The second-order valence-electron chi connectivity index (χ2n) is 5.30. The van der Waals surface area contributed by atoms with Crippen molar-refractivity contribution in [2.75, 3.05) is 13.1 Å². The van der Waals surface area contributed by atoms with Crippen molar-refractivity contribution in [1.82, 2.24) is 19.9 Å². The van der Waals surface area contributed by atoms with Crippen molar-refractivity contribution in [1.29, 1.82) is 0 Å². The number of hydrogen-bond donors (Lipinski definition) is 0. The van der Waals surface area contributed by atoms with Crippen LogP contribution in [-0.2, 0) is 0 Å². The van der Waals surface area contributed by atoms with Crippen molar-refractivity contribution < 1.29 is 9.53 Å². The van der Waals surface area contributed by atoms with E-state index in [9.17, 15) is 4.79 Å². The Labute approximate surface area is 133 Å². The minimum absolute atomic E-state index is 0.0145. The lowest BCUT2D eigenvalue weighted by Crippen LogP contribution is -2.42. The van der Waals surface area contributed by atoms with Crippen molar-refractivity contribution in [3.63, 3.8) is 0 Å². The normalized spacial score (nSPS) is 15.8. The van der Waals surface area contributed by atoms with Gasteiger partial charge in [0.05, 0.1) is 5.01 Å². The van der Waals surface area contributed by atoms with E-state index in [0.717, 1.165) is 17.8 Å². The van der Waals surface area contributed by atoms with Crippen LogP contribution < -0.4 is 4.74 Å². The van der Waals surface area contributed by atoms with Gasteiger partial charge in [-0.15, -0.1) is 11.3 Å². The number of thiazole rings is 1. The number of aromatic nitrogens is 3. The Kier molecular flexibility index (Phi) is 4.33. The molecule has 22 heavy (non-hydrogen) atoms. The van der Waals surface area contributed by atoms with Crippen molar-refractivity contribution >= 4 is 17.2 Å². The molecule has 1 aliphatic rings. The zero-order chi connectivity index (χ0) is 15.5. The lowest BCUT2D eigenvalue weighted by atomic mass is 10.1. The highest BCUT2D eigenvalue weighted by molar-refractivity contribution is 7.09. The molecule has 1 aliphatic heterocycles. The summed E-state index contributed by atoms with van der Waals surface area (Å²) < 4.78 is 5.87. The fourth-order valence-corrected chi connectivity index (χ4v) is 3.06. The fraction of sp³-hybridized carbons (Fsp3) is 0.467. The first-order valence-corrected chi connectivity index (χ1v) is 8.17. The average Bonchev–Trinajstić information content (AvgIpc) is 2.94. The lowest BCUT2D eigenvalue weighted by molar-refractivity contribution is 0.0582. The van der Waals surface area contributed by atoms with Gasteiger partial charge in [-0.1, -0.05) is 0 Å². The van der Waals surface area contributed by atoms with E-state index in [0.29, 0.717) is 30.5 Å². The van der Waals surface area contributed by atoms with E-state index >= 15 is 0 Å². The van der Waals surface area contributed by atoms with E-state index in [1.165, 1.54) is 11.3 Å². The van der Waals surface area contributed by atoms with Gasteiger partial charge in [0.25, 0.3) is 5.91 Å². The van der Waals surface area contributed by atoms with Gasteiger partial charge in [-0.05, 0) is 13.8 Å². The van der Waals surface area contributed by atoms with Crippen LogP contribution in [0.5, 0.6) is 5.88 Å². The number of piperidine rings is 1. The molecule has 2 aromatic rings. The zero-order valence-corrected chi connectivity index (χ0v) is 13.5. The monoisotopic (exact) mass is 318 g/mol. The molecule has 6 nitrogen and oxygen atoms in total. The number of aryl methyl sites for hydroxylation is 2. The Morgan fingerprint density at radius 1 is 1.32 bits per heavy atom. The van der Waals surface area contributed by atoms with Crippen LogP contribution in [0, 0.1) is 13.8 Å². The van der Waals surface area contributed by atoms with Crippen molar-refractivity contribution in [2.24, 2.45) is 0 Å². The number of nitrogens with zero attached hydrogens (tertiary/aromatic N) is 4. The predicted octanol–water partition coefficient (Wildman–Crippen LogP) is 2.23. The molecule has 0 spiro atoms. The van der Waals surface area contributed by atoms with E-state index in [1.807, 2.05) is 24.1 Å². The molecular formula is C15H18N4O2S. The van der Waals surface area contributed by atoms with Gasteiger partial charge in [0.1, 0.15) is 17.6 Å². The van der Waals surface area contributed by atoms with Gasteiger partial charge in [0.15, 0.2) is 0 Å². The summed E-state index contributed by atoms with van der Waals surface area (Å²) in [5, 5.41) is 2.74. The number of carbonyl (C=O) groups is 1. The minimum atomic E-state index is 0.0145. The number of likely N-dealkylation sites (tertiary alicyclic amines) is 1. The third kappa shape index (κ3) is 3.41. The summed E-state index contributed by atoms with van der Waals surface area (Å²) in [6.07, 6.45) is 3.40. The first-order valence-electron chi connectivity index (χ1n) is 7.29. The maximum absolute atomic E-state index is 12.3. The SMILES string of the molecule is Cc1nccc(OC2CCN(C(=O)c3csc(C)n3)CC2)n1. The summed E-state index contributed by atoms with van der Waals surface area (Å²) in [6, 6.07) is 1.77. The fourth-order valence-electron chi connectivity index (χ4n) is 2.47. The van der Waals surface area contributed by atoms with E-state index < -0.39 is 0 Å². The maximum Gasteiger partial charge on any atom is 0.273 e. The quantitative estimate of drug-likeness (QED) is 0.868. The Morgan fingerprint density at radius 2 is 2.09 bits per heavy atom. The third-order valence-electron chi connectivity index (χ3n) is 3.61. The Balaban J connectivity index is 1.55. The minimum Gasteiger partial charge on any atom is -0.474 e. The highest BCUT2D eigenvalue weighted by Crippen LogP contribution is 2.19. The molecule has 3 heterocycles. The number of ether oxygens (including phenoxy) is 1. The lowest BCUT2D eigenvalue weighted by Gasteiger charge is -2.31. The molecule has 7 heteroatoms. The van der Waals surface area contributed by atoms with Gasteiger partial charge in [-0.2, -0.15) is 4.98 Å². The molecular weight excluding hydrogens is 300 g/mol. The van der Waals surface area contributed by atoms with Gasteiger partial charge in [-0.3, -0.25) is 4.79 Å². The summed E-state index contributed by atoms with van der Waals surface area (Å²) in [6.45, 7) is 5.11. The van der Waals surface area contributed by atoms with Crippen LogP contribution in [0.1, 0.15) is 34.2 Å². The second-order valence-corrected chi connectivity index (χ2v) is 6.37. The zero-order valence-electron chi connectivity index (χ0n) is 12.7. The molecule has 116 valence electrons. The Bertz CT molecular complexity index is 665. The molecule has 0 atom stereocenters. The summed E-state index contributed by atoms with van der Waals surface area (Å²) in [5.74, 6) is 1.32. The predicted molar refractivity (Wildman–Crippen MR) is 83.2 cm³/mol. The number of rotatable bonds is 3. The van der Waals surface area contributed by atoms with Gasteiger partial charge in [-0.25, -0.2) is 9.97 Å². The number of carbonyl (C=O) groups excluding carboxylic acids is 1. The standard InChI is InChI=1S/C15H18N4O2S/c1-10-16-6-3-14(17-10)21-12-4-7-19(8-5-12)15(20)13-9-22-11(2)18-13/h3,6,9,12H,4-5,7-8H2,1-2H3. The molecule has 1 saturated heterocycles. The van der Waals surface area contributed by atoms with Crippen LogP contribution in [0.2, 0.25) is 0 Å². The first kappa shape index (κ1) is 14.9. The maximum atomic E-state index is 12.3. The Morgan fingerprint density at radius 3 is 2.73 bits per heavy atom. The molecule has 0 aromatic carbocycles. The molecule has 2 aromatic heterocycles. The molecule has 3 rings (SSSR count). The van der Waals surface area contributed by atoms with E-state index in [-0.39, 0.29) is 12.0 Å². The van der Waals surface area contributed by atoms with E-state index in [2.05, 4.69) is 15.0 Å². The van der Waals surface area contributed by atoms with Crippen LogP contribution in [0.25, 0.3) is 0 Å². The molecule has 0 aliphatic carbocycles. The largest absolute Gasteiger partial charge is 0.474 e. The summed E-state index contributed by atoms with van der Waals surface area (Å²) in [5.41, 5.74) is 0.549. The number of amides is 1. The average molecular weight is 318 g/mol. The highest BCUT2D eigenvalue weighted by atomic mass is 32.1. The van der Waals surface area contributed by atoms with Gasteiger partial charge >= 0.3 is 0 Å². The smallest absolute Gasteiger partial charge is 0.273 e. The van der Waals surface area contributed by atoms with Gasteiger partial charge < -0.3 is 9.64 Å². The summed E-state index contributed by atoms with van der Waals surface area (Å²) in [7, 11) is 0. The Hall–Kier alpha value is -2.02. The first-order chi connectivity index (χ1) is 10.6. The summed E-state index contributed by atoms with van der Waals surface area (Å²) in [4.78, 5) is 26.7. The molecule has 0 bridgehead atoms. The molecule has 1 fully saturated rings. The third-order valence-corrected chi connectivity index (χ3v) is 4.38. The molecule has 0 unspecified atom stereocenters. The van der Waals surface area contributed by atoms with Crippen molar-refractivity contribution in [3.05, 3.63) is 34.2 Å². The van der Waals surface area contributed by atoms with E-state index in [4.69, 9.17) is 4.74 Å². The molecule has 0 saturated carbocycles. The second kappa shape index (κ2) is 6.39. The van der Waals surface area contributed by atoms with Crippen LogP contribution in [0.4, 0.5) is 0 Å². The van der Waals surface area contributed by atoms with E-state index in [1.54, 1.807) is 12.3 Å². The molecule has 1 amide bonds.